The Morgan fingerprint density at radius 3 is 2.47 bits per heavy atom. The maximum absolute atomic E-state index is 3.76. The molecule has 0 aromatic heterocycles. The number of hydrogen-bond acceptors (Lipinski definition) is 3. The first-order valence-electron chi connectivity index (χ1n) is 6.06. The quantitative estimate of drug-likeness (QED) is 0.773. The van der Waals surface area contributed by atoms with Crippen LogP contribution in [-0.4, -0.2) is 34.6 Å². The zero-order valence-electron chi connectivity index (χ0n) is 10.5. The van der Waals surface area contributed by atoms with E-state index in [1.54, 1.807) is 0 Å². The van der Waals surface area contributed by atoms with Crippen LogP contribution in [0.3, 0.4) is 0 Å². The van der Waals surface area contributed by atoms with Gasteiger partial charge in [-0.25, -0.2) is 0 Å². The van der Waals surface area contributed by atoms with Crippen molar-refractivity contribution < 1.29 is 0 Å². The second kappa shape index (κ2) is 6.41. The van der Waals surface area contributed by atoms with E-state index in [4.69, 9.17) is 0 Å². The van der Waals surface area contributed by atoms with Gasteiger partial charge in [-0.15, -0.1) is 0 Å². The molecule has 0 amide bonds. The van der Waals surface area contributed by atoms with Crippen LogP contribution in [0.2, 0.25) is 0 Å². The fraction of sp³-hybridized carbons (Fsp3) is 1.00. The maximum Gasteiger partial charge on any atom is 0.0276 e. The zero-order valence-corrected chi connectivity index (χ0v) is 12.1. The zero-order chi connectivity index (χ0) is 11.3. The van der Waals surface area contributed by atoms with Gasteiger partial charge in [0.15, 0.2) is 0 Å². The number of hydrogen-bond donors (Lipinski definition) is 1. The van der Waals surface area contributed by atoms with Crippen LogP contribution in [0, 0.1) is 0 Å². The summed E-state index contributed by atoms with van der Waals surface area (Å²) in [6.45, 7) is 8.15. The van der Waals surface area contributed by atoms with E-state index in [0.29, 0.717) is 4.75 Å². The van der Waals surface area contributed by atoms with Crippen molar-refractivity contribution >= 4 is 23.5 Å². The number of thioether (sulfide) groups is 2. The van der Waals surface area contributed by atoms with Gasteiger partial charge in [0.05, 0.1) is 0 Å². The average molecular weight is 247 g/mol. The molecule has 2 atom stereocenters. The van der Waals surface area contributed by atoms with Crippen molar-refractivity contribution in [2.24, 2.45) is 0 Å². The molecule has 1 rings (SSSR count). The van der Waals surface area contributed by atoms with E-state index >= 15 is 0 Å². The molecule has 1 fully saturated rings. The Kier molecular flexibility index (Phi) is 5.86. The standard InChI is InChI=1S/C12H25NS2/c1-5-12(6-2,14-4)9-13-11-7-10(3)15-8-11/h10-11,13H,5-9H2,1-4H3. The molecule has 1 saturated heterocycles. The Balaban J connectivity index is 2.33. The fourth-order valence-corrected chi connectivity index (χ4v) is 4.14. The third kappa shape index (κ3) is 3.86. The van der Waals surface area contributed by atoms with Gasteiger partial charge in [-0.05, 0) is 25.5 Å². The first kappa shape index (κ1) is 13.7. The lowest BCUT2D eigenvalue weighted by Crippen LogP contribution is -2.41. The van der Waals surface area contributed by atoms with Crippen molar-refractivity contribution in [3.8, 4) is 0 Å². The van der Waals surface area contributed by atoms with Gasteiger partial charge in [0, 0.05) is 28.3 Å². The third-order valence-corrected chi connectivity index (χ3v) is 6.58. The Bertz CT molecular complexity index is 172. The molecule has 0 spiro atoms. The van der Waals surface area contributed by atoms with E-state index in [0.717, 1.165) is 11.3 Å². The summed E-state index contributed by atoms with van der Waals surface area (Å²) in [6, 6.07) is 0.759. The van der Waals surface area contributed by atoms with Crippen LogP contribution in [0.4, 0.5) is 0 Å². The van der Waals surface area contributed by atoms with E-state index in [9.17, 15) is 0 Å². The van der Waals surface area contributed by atoms with Crippen LogP contribution in [-0.2, 0) is 0 Å². The topological polar surface area (TPSA) is 12.0 Å². The highest BCUT2D eigenvalue weighted by atomic mass is 32.2. The molecule has 1 aliphatic rings. The van der Waals surface area contributed by atoms with Gasteiger partial charge >= 0.3 is 0 Å². The molecule has 15 heavy (non-hydrogen) atoms. The fourth-order valence-electron chi connectivity index (χ4n) is 2.15. The lowest BCUT2D eigenvalue weighted by atomic mass is 10.0. The minimum absolute atomic E-state index is 0.469. The second-order valence-electron chi connectivity index (χ2n) is 4.55. The summed E-state index contributed by atoms with van der Waals surface area (Å²) in [5.41, 5.74) is 0. The third-order valence-electron chi connectivity index (χ3n) is 3.63. The summed E-state index contributed by atoms with van der Waals surface area (Å²) >= 11 is 4.14. The van der Waals surface area contributed by atoms with Gasteiger partial charge in [-0.2, -0.15) is 23.5 Å². The summed E-state index contributed by atoms with van der Waals surface area (Å²) in [5.74, 6) is 1.30. The van der Waals surface area contributed by atoms with Crippen molar-refractivity contribution in [1.82, 2.24) is 5.32 Å². The molecule has 0 radical (unpaired) electrons. The first-order chi connectivity index (χ1) is 7.15. The van der Waals surface area contributed by atoms with E-state index in [-0.39, 0.29) is 0 Å². The summed E-state index contributed by atoms with van der Waals surface area (Å²) in [5, 5.41) is 4.62. The molecule has 1 aliphatic heterocycles. The smallest absolute Gasteiger partial charge is 0.0276 e. The molecule has 2 unspecified atom stereocenters. The van der Waals surface area contributed by atoms with E-state index < -0.39 is 0 Å². The van der Waals surface area contributed by atoms with Crippen molar-refractivity contribution in [3.05, 3.63) is 0 Å². The van der Waals surface area contributed by atoms with Crippen LogP contribution in [0.5, 0.6) is 0 Å². The predicted molar refractivity (Wildman–Crippen MR) is 75.2 cm³/mol. The maximum atomic E-state index is 3.76. The Labute approximate surface area is 104 Å². The highest BCUT2D eigenvalue weighted by Crippen LogP contribution is 2.31. The first-order valence-corrected chi connectivity index (χ1v) is 8.33. The van der Waals surface area contributed by atoms with E-state index in [2.05, 4.69) is 44.1 Å². The van der Waals surface area contributed by atoms with Crippen LogP contribution in [0.25, 0.3) is 0 Å². The van der Waals surface area contributed by atoms with Gasteiger partial charge in [0.2, 0.25) is 0 Å². The average Bonchev–Trinajstić information content (AvgIpc) is 2.67. The molecule has 0 saturated carbocycles. The summed E-state index contributed by atoms with van der Waals surface area (Å²) in [6.07, 6.45) is 6.14. The van der Waals surface area contributed by atoms with Crippen LogP contribution < -0.4 is 5.32 Å². The van der Waals surface area contributed by atoms with Crippen LogP contribution in [0.15, 0.2) is 0 Å². The SMILES string of the molecule is CCC(CC)(CNC1CSC(C)C1)SC. The Morgan fingerprint density at radius 2 is 2.07 bits per heavy atom. The monoisotopic (exact) mass is 247 g/mol. The molecule has 3 heteroatoms. The minimum atomic E-state index is 0.469. The molecule has 0 bridgehead atoms. The summed E-state index contributed by atoms with van der Waals surface area (Å²) in [4.78, 5) is 0. The van der Waals surface area contributed by atoms with E-state index in [1.807, 2.05) is 11.8 Å². The van der Waals surface area contributed by atoms with Gasteiger partial charge < -0.3 is 5.32 Å². The van der Waals surface area contributed by atoms with Gasteiger partial charge in [0.1, 0.15) is 0 Å². The van der Waals surface area contributed by atoms with Crippen molar-refractivity contribution in [2.75, 3.05) is 18.6 Å². The van der Waals surface area contributed by atoms with Gasteiger partial charge in [-0.1, -0.05) is 20.8 Å². The molecule has 0 aliphatic carbocycles. The molecule has 1 heterocycles. The number of rotatable bonds is 6. The molecule has 90 valence electrons. The molecule has 0 aromatic rings. The largest absolute Gasteiger partial charge is 0.312 e. The number of nitrogens with one attached hydrogen (secondary N) is 1. The van der Waals surface area contributed by atoms with Gasteiger partial charge in [-0.3, -0.25) is 0 Å². The highest BCUT2D eigenvalue weighted by Gasteiger charge is 2.28. The predicted octanol–water partition coefficient (Wildman–Crippen LogP) is 3.39. The van der Waals surface area contributed by atoms with Crippen LogP contribution >= 0.6 is 23.5 Å². The highest BCUT2D eigenvalue weighted by molar-refractivity contribution is 8.00. The Hall–Kier alpha value is 0.660. The second-order valence-corrected chi connectivity index (χ2v) is 7.30. The van der Waals surface area contributed by atoms with Crippen molar-refractivity contribution in [2.45, 2.75) is 56.1 Å². The Morgan fingerprint density at radius 1 is 1.40 bits per heavy atom. The van der Waals surface area contributed by atoms with Gasteiger partial charge in [0.25, 0.3) is 0 Å². The molecule has 1 N–H and O–H groups in total. The lowest BCUT2D eigenvalue weighted by Gasteiger charge is -2.31. The molecular formula is C12H25NS2. The van der Waals surface area contributed by atoms with E-state index in [1.165, 1.54) is 31.6 Å². The summed E-state index contributed by atoms with van der Waals surface area (Å²) < 4.78 is 0.469. The van der Waals surface area contributed by atoms with Crippen molar-refractivity contribution in [1.29, 1.82) is 0 Å². The molecule has 0 aromatic carbocycles. The summed E-state index contributed by atoms with van der Waals surface area (Å²) in [7, 11) is 0. The van der Waals surface area contributed by atoms with Crippen molar-refractivity contribution in [3.63, 3.8) is 0 Å². The minimum Gasteiger partial charge on any atom is -0.312 e. The molecular weight excluding hydrogens is 222 g/mol. The lowest BCUT2D eigenvalue weighted by molar-refractivity contribution is 0.449. The molecule has 1 nitrogen and oxygen atoms in total. The van der Waals surface area contributed by atoms with Crippen LogP contribution in [0.1, 0.15) is 40.0 Å². The normalized spacial score (nSPS) is 27.2.